The molecule has 37 heavy (non-hydrogen) atoms. The molecule has 1 aliphatic carbocycles. The van der Waals surface area contributed by atoms with Crippen LogP contribution in [0, 0.1) is 13.8 Å². The van der Waals surface area contributed by atoms with E-state index in [1.165, 1.54) is 17.7 Å². The van der Waals surface area contributed by atoms with Crippen LogP contribution < -0.4 is 14.8 Å². The zero-order valence-electron chi connectivity index (χ0n) is 21.7. The third-order valence-electron chi connectivity index (χ3n) is 6.45. The normalized spacial score (nSPS) is 13.5. The molecule has 5 nitrogen and oxygen atoms in total. The third kappa shape index (κ3) is 6.51. The van der Waals surface area contributed by atoms with Gasteiger partial charge in [0, 0.05) is 16.8 Å². The van der Waals surface area contributed by atoms with Gasteiger partial charge in [0.2, 0.25) is 0 Å². The molecule has 1 heterocycles. The summed E-state index contributed by atoms with van der Waals surface area (Å²) in [4.78, 5) is 19.8. The molecule has 194 valence electrons. The number of thiophene rings is 1. The van der Waals surface area contributed by atoms with Gasteiger partial charge in [-0.3, -0.25) is 4.79 Å². The average molecular weight is 582 g/mol. The number of ether oxygens (including phenoxy) is 2. The SMILES string of the molecule is C=CCOc1c(Br)cc(C=Nc2sc3c(c2C(=O)Nc2cc(C)ccc2C)CCCCCC3)cc1OC. The maximum Gasteiger partial charge on any atom is 0.259 e. The number of anilines is 1. The molecule has 0 bridgehead atoms. The number of hydrogen-bond acceptors (Lipinski definition) is 5. The Morgan fingerprint density at radius 1 is 1.16 bits per heavy atom. The first-order valence-corrected chi connectivity index (χ1v) is 14.2. The summed E-state index contributed by atoms with van der Waals surface area (Å²) >= 11 is 5.22. The summed E-state index contributed by atoms with van der Waals surface area (Å²) in [6.07, 6.45) is 10.0. The number of benzene rings is 2. The number of methoxy groups -OCH3 is 1. The molecule has 4 rings (SSSR count). The van der Waals surface area contributed by atoms with Crippen molar-refractivity contribution in [1.82, 2.24) is 0 Å². The fourth-order valence-electron chi connectivity index (χ4n) is 4.52. The number of carbonyl (C=O) groups is 1. The Hall–Kier alpha value is -2.90. The van der Waals surface area contributed by atoms with Gasteiger partial charge in [0.15, 0.2) is 11.5 Å². The second-order valence-electron chi connectivity index (χ2n) is 9.26. The lowest BCUT2D eigenvalue weighted by Gasteiger charge is -2.13. The molecule has 1 N–H and O–H groups in total. The van der Waals surface area contributed by atoms with Crippen LogP contribution in [-0.4, -0.2) is 25.8 Å². The van der Waals surface area contributed by atoms with Gasteiger partial charge in [0.1, 0.15) is 11.6 Å². The van der Waals surface area contributed by atoms with Gasteiger partial charge in [0.25, 0.3) is 5.91 Å². The summed E-state index contributed by atoms with van der Waals surface area (Å²) in [6, 6.07) is 9.93. The van der Waals surface area contributed by atoms with E-state index in [1.807, 2.05) is 38.1 Å². The zero-order valence-corrected chi connectivity index (χ0v) is 24.1. The molecule has 0 spiro atoms. The molecule has 0 atom stereocenters. The number of hydrogen-bond donors (Lipinski definition) is 1. The summed E-state index contributed by atoms with van der Waals surface area (Å²) < 4.78 is 12.1. The topological polar surface area (TPSA) is 59.9 Å². The zero-order chi connectivity index (χ0) is 26.4. The van der Waals surface area contributed by atoms with Crippen LogP contribution in [0.4, 0.5) is 10.7 Å². The molecule has 1 amide bonds. The molecule has 3 aromatic rings. The molecule has 7 heteroatoms. The highest BCUT2D eigenvalue weighted by molar-refractivity contribution is 9.10. The Morgan fingerprint density at radius 3 is 2.70 bits per heavy atom. The minimum Gasteiger partial charge on any atom is -0.493 e. The van der Waals surface area contributed by atoms with Gasteiger partial charge >= 0.3 is 0 Å². The van der Waals surface area contributed by atoms with Crippen LogP contribution in [0.15, 0.2) is 52.5 Å². The van der Waals surface area contributed by atoms with Gasteiger partial charge in [-0.05, 0) is 95.9 Å². The van der Waals surface area contributed by atoms with Crippen LogP contribution in [-0.2, 0) is 12.8 Å². The summed E-state index contributed by atoms with van der Waals surface area (Å²) in [5.74, 6) is 1.13. The molecule has 0 saturated carbocycles. The Morgan fingerprint density at radius 2 is 1.95 bits per heavy atom. The maximum atomic E-state index is 13.7. The standard InChI is InChI=1S/C30H33BrN2O3S/c1-5-14-36-28-23(31)16-21(17-25(28)35-4)18-32-30-27(22-10-8-6-7-9-11-26(22)37-30)29(34)33-24-15-19(2)12-13-20(24)3/h5,12-13,15-18H,1,6-11,14H2,2-4H3,(H,33,34). The quantitative estimate of drug-likeness (QED) is 0.215. The summed E-state index contributed by atoms with van der Waals surface area (Å²) in [6.45, 7) is 8.13. The second kappa shape index (κ2) is 12.6. The summed E-state index contributed by atoms with van der Waals surface area (Å²) in [5, 5.41) is 3.92. The van der Waals surface area contributed by atoms with E-state index >= 15 is 0 Å². The van der Waals surface area contributed by atoms with Crippen molar-refractivity contribution in [2.24, 2.45) is 4.99 Å². The highest BCUT2D eigenvalue weighted by atomic mass is 79.9. The number of fused-ring (bicyclic) bond motifs is 1. The number of nitrogens with one attached hydrogen (secondary N) is 1. The number of halogens is 1. The van der Waals surface area contributed by atoms with Crippen molar-refractivity contribution in [2.75, 3.05) is 19.0 Å². The van der Waals surface area contributed by atoms with E-state index in [0.717, 1.165) is 63.1 Å². The van der Waals surface area contributed by atoms with E-state index in [2.05, 4.69) is 33.9 Å². The van der Waals surface area contributed by atoms with Gasteiger partial charge in [-0.2, -0.15) is 0 Å². The fourth-order valence-corrected chi connectivity index (χ4v) is 6.32. The lowest BCUT2D eigenvalue weighted by Crippen LogP contribution is -2.15. The van der Waals surface area contributed by atoms with Crippen molar-refractivity contribution in [2.45, 2.75) is 52.4 Å². The van der Waals surface area contributed by atoms with Crippen LogP contribution in [0.5, 0.6) is 11.5 Å². The second-order valence-corrected chi connectivity index (χ2v) is 11.2. The number of carbonyl (C=O) groups excluding carboxylic acids is 1. The smallest absolute Gasteiger partial charge is 0.259 e. The average Bonchev–Trinajstić information content (AvgIpc) is 3.20. The van der Waals surface area contributed by atoms with Crippen molar-refractivity contribution in [3.63, 3.8) is 0 Å². The van der Waals surface area contributed by atoms with E-state index in [1.54, 1.807) is 30.7 Å². The molecular formula is C30H33BrN2O3S. The minimum absolute atomic E-state index is 0.0918. The number of amides is 1. The third-order valence-corrected chi connectivity index (χ3v) is 8.24. The lowest BCUT2D eigenvalue weighted by molar-refractivity contribution is 0.102. The molecule has 0 aliphatic heterocycles. The Kier molecular flexibility index (Phi) is 9.22. The van der Waals surface area contributed by atoms with E-state index in [-0.39, 0.29) is 5.91 Å². The minimum atomic E-state index is -0.0918. The predicted molar refractivity (Wildman–Crippen MR) is 158 cm³/mol. The van der Waals surface area contributed by atoms with Gasteiger partial charge in [-0.1, -0.05) is 37.6 Å². The monoisotopic (exact) mass is 580 g/mol. The van der Waals surface area contributed by atoms with E-state index in [4.69, 9.17) is 14.5 Å². The largest absolute Gasteiger partial charge is 0.493 e. The Labute approximate surface area is 231 Å². The molecule has 0 saturated heterocycles. The van der Waals surface area contributed by atoms with E-state index in [0.29, 0.717) is 23.7 Å². The van der Waals surface area contributed by atoms with Crippen LogP contribution in [0.25, 0.3) is 0 Å². The van der Waals surface area contributed by atoms with Crippen LogP contribution >= 0.6 is 27.3 Å². The Balaban J connectivity index is 1.72. The number of nitrogens with zero attached hydrogens (tertiary/aromatic N) is 1. The highest BCUT2D eigenvalue weighted by Gasteiger charge is 2.24. The van der Waals surface area contributed by atoms with Gasteiger partial charge in [-0.15, -0.1) is 11.3 Å². The molecule has 1 aliphatic rings. The van der Waals surface area contributed by atoms with Crippen LogP contribution in [0.3, 0.4) is 0 Å². The van der Waals surface area contributed by atoms with Crippen molar-refractivity contribution in [3.05, 3.63) is 80.2 Å². The van der Waals surface area contributed by atoms with Crippen molar-refractivity contribution < 1.29 is 14.3 Å². The van der Waals surface area contributed by atoms with Gasteiger partial charge < -0.3 is 14.8 Å². The van der Waals surface area contributed by atoms with E-state index in [9.17, 15) is 4.79 Å². The van der Waals surface area contributed by atoms with Crippen LogP contribution in [0.1, 0.15) is 63.2 Å². The molecular weight excluding hydrogens is 548 g/mol. The van der Waals surface area contributed by atoms with E-state index < -0.39 is 0 Å². The molecule has 1 aromatic heterocycles. The molecule has 0 unspecified atom stereocenters. The number of aryl methyl sites for hydroxylation is 3. The predicted octanol–water partition coefficient (Wildman–Crippen LogP) is 8.36. The van der Waals surface area contributed by atoms with Gasteiger partial charge in [-0.25, -0.2) is 4.99 Å². The maximum absolute atomic E-state index is 13.7. The first kappa shape index (κ1) is 27.1. The first-order valence-electron chi connectivity index (χ1n) is 12.6. The fraction of sp³-hybridized carbons (Fsp3) is 0.333. The van der Waals surface area contributed by atoms with Crippen LogP contribution in [0.2, 0.25) is 0 Å². The van der Waals surface area contributed by atoms with Gasteiger partial charge in [0.05, 0.1) is 17.1 Å². The lowest BCUT2D eigenvalue weighted by atomic mass is 9.96. The highest BCUT2D eigenvalue weighted by Crippen LogP contribution is 2.40. The van der Waals surface area contributed by atoms with Crippen molar-refractivity contribution in [1.29, 1.82) is 0 Å². The molecule has 0 fully saturated rings. The first-order chi connectivity index (χ1) is 17.9. The van der Waals surface area contributed by atoms with Crippen molar-refractivity contribution in [3.8, 4) is 11.5 Å². The van der Waals surface area contributed by atoms with Crippen molar-refractivity contribution >= 4 is 50.1 Å². The summed E-state index contributed by atoms with van der Waals surface area (Å²) in [5.41, 5.74) is 5.70. The summed E-state index contributed by atoms with van der Waals surface area (Å²) in [7, 11) is 1.61. The molecule has 0 radical (unpaired) electrons. The number of rotatable bonds is 8. The molecule has 2 aromatic carbocycles. The number of aliphatic imine (C=N–C) groups is 1. The Bertz CT molecular complexity index is 1330.